The molecule has 1 aromatic rings. The first-order valence-corrected chi connectivity index (χ1v) is 6.45. The minimum atomic E-state index is -0.136. The molecular formula is C15H25NO. The van der Waals surface area contributed by atoms with E-state index in [1.165, 1.54) is 5.56 Å². The molecule has 0 saturated heterocycles. The van der Waals surface area contributed by atoms with Gasteiger partial charge in [-0.3, -0.25) is 0 Å². The molecule has 0 aliphatic heterocycles. The Balaban J connectivity index is 2.73. The molecule has 1 rings (SSSR count). The van der Waals surface area contributed by atoms with Gasteiger partial charge in [0.15, 0.2) is 0 Å². The molecule has 1 atom stereocenters. The number of ether oxygens (including phenoxy) is 1. The zero-order chi connectivity index (χ0) is 12.9. The van der Waals surface area contributed by atoms with Gasteiger partial charge < -0.3 is 10.5 Å². The fraction of sp³-hybridized carbons (Fsp3) is 0.600. The van der Waals surface area contributed by atoms with E-state index in [9.17, 15) is 0 Å². The van der Waals surface area contributed by atoms with Crippen molar-refractivity contribution in [2.24, 2.45) is 5.73 Å². The highest BCUT2D eigenvalue weighted by atomic mass is 16.5. The lowest BCUT2D eigenvalue weighted by Crippen LogP contribution is -2.22. The summed E-state index contributed by atoms with van der Waals surface area (Å²) >= 11 is 0. The van der Waals surface area contributed by atoms with Crippen molar-refractivity contribution in [3.05, 3.63) is 29.8 Å². The Morgan fingerprint density at radius 2 is 1.76 bits per heavy atom. The van der Waals surface area contributed by atoms with E-state index in [1.54, 1.807) is 0 Å². The summed E-state index contributed by atoms with van der Waals surface area (Å²) < 4.78 is 5.81. The van der Waals surface area contributed by atoms with E-state index in [0.717, 1.165) is 25.1 Å². The molecule has 1 aromatic carbocycles. The lowest BCUT2D eigenvalue weighted by molar-refractivity contribution is 0.131. The fourth-order valence-electron chi connectivity index (χ4n) is 1.97. The monoisotopic (exact) mass is 235 g/mol. The van der Waals surface area contributed by atoms with Crippen molar-refractivity contribution in [1.29, 1.82) is 0 Å². The molecule has 0 bridgehead atoms. The Hall–Kier alpha value is -1.02. The fourth-order valence-corrected chi connectivity index (χ4v) is 1.97. The largest absolute Gasteiger partial charge is 0.488 e. The van der Waals surface area contributed by atoms with Gasteiger partial charge in [-0.25, -0.2) is 0 Å². The van der Waals surface area contributed by atoms with Gasteiger partial charge in [-0.1, -0.05) is 19.1 Å². The Labute approximate surface area is 105 Å². The third-order valence-corrected chi connectivity index (χ3v) is 2.78. The standard InChI is InChI=1S/C15H25NO/c1-5-12(10-11-16)13-6-8-14(9-7-13)17-15(2,3)4/h6-9,12H,5,10-11,16H2,1-4H3. The van der Waals surface area contributed by atoms with Crippen LogP contribution < -0.4 is 10.5 Å². The smallest absolute Gasteiger partial charge is 0.120 e. The van der Waals surface area contributed by atoms with E-state index in [0.29, 0.717) is 5.92 Å². The quantitative estimate of drug-likeness (QED) is 0.844. The summed E-state index contributed by atoms with van der Waals surface area (Å²) in [5, 5.41) is 0. The van der Waals surface area contributed by atoms with E-state index < -0.39 is 0 Å². The maximum Gasteiger partial charge on any atom is 0.120 e. The lowest BCUT2D eigenvalue weighted by Gasteiger charge is -2.22. The van der Waals surface area contributed by atoms with Crippen molar-refractivity contribution in [3.63, 3.8) is 0 Å². The van der Waals surface area contributed by atoms with Gasteiger partial charge in [0.1, 0.15) is 11.4 Å². The SMILES string of the molecule is CCC(CCN)c1ccc(OC(C)(C)C)cc1. The van der Waals surface area contributed by atoms with Gasteiger partial charge in [0.05, 0.1) is 0 Å². The van der Waals surface area contributed by atoms with E-state index in [-0.39, 0.29) is 5.60 Å². The van der Waals surface area contributed by atoms with Crippen molar-refractivity contribution in [2.75, 3.05) is 6.54 Å². The maximum atomic E-state index is 5.81. The van der Waals surface area contributed by atoms with Crippen LogP contribution in [0.2, 0.25) is 0 Å². The Morgan fingerprint density at radius 3 is 2.18 bits per heavy atom. The second-order valence-electron chi connectivity index (χ2n) is 5.47. The maximum absolute atomic E-state index is 5.81. The highest BCUT2D eigenvalue weighted by Gasteiger charge is 2.12. The predicted octanol–water partition coefficient (Wildman–Crippen LogP) is 3.71. The molecule has 0 aliphatic rings. The molecule has 0 heterocycles. The van der Waals surface area contributed by atoms with Crippen LogP contribution in [0.25, 0.3) is 0 Å². The lowest BCUT2D eigenvalue weighted by atomic mass is 9.93. The van der Waals surface area contributed by atoms with Crippen molar-refractivity contribution in [3.8, 4) is 5.75 Å². The summed E-state index contributed by atoms with van der Waals surface area (Å²) in [5.74, 6) is 1.51. The zero-order valence-corrected chi connectivity index (χ0v) is 11.5. The molecule has 0 saturated carbocycles. The summed E-state index contributed by atoms with van der Waals surface area (Å²) in [4.78, 5) is 0. The third kappa shape index (κ3) is 4.78. The third-order valence-electron chi connectivity index (χ3n) is 2.78. The van der Waals surface area contributed by atoms with Crippen LogP contribution in [0.4, 0.5) is 0 Å². The Bertz CT molecular complexity index is 324. The van der Waals surface area contributed by atoms with E-state index >= 15 is 0 Å². The molecule has 0 aliphatic carbocycles. The molecular weight excluding hydrogens is 210 g/mol. The van der Waals surface area contributed by atoms with E-state index in [4.69, 9.17) is 10.5 Å². The molecule has 2 N–H and O–H groups in total. The molecule has 1 unspecified atom stereocenters. The average Bonchev–Trinajstić information content (AvgIpc) is 2.25. The van der Waals surface area contributed by atoms with Crippen molar-refractivity contribution in [1.82, 2.24) is 0 Å². The first-order chi connectivity index (χ1) is 7.96. The molecule has 17 heavy (non-hydrogen) atoms. The van der Waals surface area contributed by atoms with Gasteiger partial charge in [-0.2, -0.15) is 0 Å². The molecule has 96 valence electrons. The van der Waals surface area contributed by atoms with Crippen LogP contribution in [-0.4, -0.2) is 12.1 Å². The number of rotatable bonds is 5. The van der Waals surface area contributed by atoms with Crippen LogP contribution >= 0.6 is 0 Å². The Kier molecular flexibility index (Phi) is 5.01. The summed E-state index contributed by atoms with van der Waals surface area (Å²) in [6.07, 6.45) is 2.19. The minimum Gasteiger partial charge on any atom is -0.488 e. The van der Waals surface area contributed by atoms with Crippen molar-refractivity contribution >= 4 is 0 Å². The van der Waals surface area contributed by atoms with Crippen molar-refractivity contribution in [2.45, 2.75) is 52.1 Å². The Morgan fingerprint density at radius 1 is 1.18 bits per heavy atom. The van der Waals surface area contributed by atoms with Gasteiger partial charge in [0.25, 0.3) is 0 Å². The summed E-state index contributed by atoms with van der Waals surface area (Å²) in [6, 6.07) is 8.43. The van der Waals surface area contributed by atoms with Gasteiger partial charge in [-0.15, -0.1) is 0 Å². The van der Waals surface area contributed by atoms with Gasteiger partial charge in [0, 0.05) is 0 Å². The van der Waals surface area contributed by atoms with Crippen LogP contribution in [0.3, 0.4) is 0 Å². The second-order valence-corrected chi connectivity index (χ2v) is 5.47. The normalized spacial score (nSPS) is 13.5. The van der Waals surface area contributed by atoms with E-state index in [2.05, 4.69) is 52.0 Å². The molecule has 0 aromatic heterocycles. The number of nitrogens with two attached hydrogens (primary N) is 1. The number of hydrogen-bond acceptors (Lipinski definition) is 2. The topological polar surface area (TPSA) is 35.2 Å². The van der Waals surface area contributed by atoms with E-state index in [1.807, 2.05) is 0 Å². The van der Waals surface area contributed by atoms with Crippen LogP contribution in [0.15, 0.2) is 24.3 Å². The molecule has 0 radical (unpaired) electrons. The average molecular weight is 235 g/mol. The summed E-state index contributed by atoms with van der Waals surface area (Å²) in [5.41, 5.74) is 6.86. The predicted molar refractivity (Wildman–Crippen MR) is 73.5 cm³/mol. The second kappa shape index (κ2) is 6.06. The van der Waals surface area contributed by atoms with Crippen molar-refractivity contribution < 1.29 is 4.74 Å². The van der Waals surface area contributed by atoms with Crippen LogP contribution in [0.5, 0.6) is 5.75 Å². The molecule has 0 amide bonds. The van der Waals surface area contributed by atoms with Crippen LogP contribution in [-0.2, 0) is 0 Å². The highest BCUT2D eigenvalue weighted by Crippen LogP contribution is 2.26. The van der Waals surface area contributed by atoms with Gasteiger partial charge in [-0.05, 0) is 63.8 Å². The molecule has 0 spiro atoms. The van der Waals surface area contributed by atoms with Crippen LogP contribution in [0.1, 0.15) is 52.0 Å². The highest BCUT2D eigenvalue weighted by molar-refractivity contribution is 5.29. The van der Waals surface area contributed by atoms with Crippen LogP contribution in [0, 0.1) is 0 Å². The summed E-state index contributed by atoms with van der Waals surface area (Å²) in [7, 11) is 0. The zero-order valence-electron chi connectivity index (χ0n) is 11.5. The number of benzene rings is 1. The number of hydrogen-bond donors (Lipinski definition) is 1. The molecule has 2 nitrogen and oxygen atoms in total. The van der Waals surface area contributed by atoms with Gasteiger partial charge in [0.2, 0.25) is 0 Å². The first-order valence-electron chi connectivity index (χ1n) is 6.45. The summed E-state index contributed by atoms with van der Waals surface area (Å²) in [6.45, 7) is 9.14. The van der Waals surface area contributed by atoms with Gasteiger partial charge >= 0.3 is 0 Å². The molecule has 2 heteroatoms. The first kappa shape index (κ1) is 14.0. The minimum absolute atomic E-state index is 0.136. The molecule has 0 fully saturated rings.